The summed E-state index contributed by atoms with van der Waals surface area (Å²) in [7, 11) is 0. The Morgan fingerprint density at radius 1 is 1.40 bits per heavy atom. The molecule has 0 saturated heterocycles. The maximum atomic E-state index is 6.06. The van der Waals surface area contributed by atoms with Crippen LogP contribution in [-0.2, 0) is 6.42 Å². The van der Waals surface area contributed by atoms with Crippen LogP contribution >= 0.6 is 11.6 Å². The van der Waals surface area contributed by atoms with Crippen molar-refractivity contribution >= 4 is 22.5 Å². The molecule has 1 aromatic heterocycles. The van der Waals surface area contributed by atoms with Gasteiger partial charge < -0.3 is 5.73 Å². The number of pyridine rings is 1. The number of rotatable bonds is 2. The quantitative estimate of drug-likeness (QED) is 0.845. The van der Waals surface area contributed by atoms with Crippen LogP contribution in [0.2, 0.25) is 5.02 Å². The summed E-state index contributed by atoms with van der Waals surface area (Å²) in [4.78, 5) is 4.39. The standard InChI is InChI=1S/C12H13ClN2/c1-8-3-5-15-12-9(2-4-14)6-10(13)7-11(8)12/h3,5-7H,2,4,14H2,1H3. The van der Waals surface area contributed by atoms with Gasteiger partial charge in [0.1, 0.15) is 0 Å². The molecule has 1 heterocycles. The Hall–Kier alpha value is -1.12. The SMILES string of the molecule is Cc1ccnc2c(CCN)cc(Cl)cc12. The zero-order valence-corrected chi connectivity index (χ0v) is 9.38. The van der Waals surface area contributed by atoms with Crippen LogP contribution in [0.3, 0.4) is 0 Å². The van der Waals surface area contributed by atoms with Gasteiger partial charge in [0, 0.05) is 16.6 Å². The first-order valence-electron chi connectivity index (χ1n) is 4.96. The molecule has 0 aliphatic carbocycles. The fourth-order valence-electron chi connectivity index (χ4n) is 1.77. The minimum absolute atomic E-state index is 0.616. The van der Waals surface area contributed by atoms with E-state index in [2.05, 4.69) is 11.9 Å². The predicted octanol–water partition coefficient (Wildman–Crippen LogP) is 2.70. The molecule has 0 atom stereocenters. The topological polar surface area (TPSA) is 38.9 Å². The molecule has 0 bridgehead atoms. The van der Waals surface area contributed by atoms with Crippen LogP contribution in [0.25, 0.3) is 10.9 Å². The van der Waals surface area contributed by atoms with Crippen molar-refractivity contribution in [2.75, 3.05) is 6.54 Å². The second kappa shape index (κ2) is 4.17. The minimum atomic E-state index is 0.616. The predicted molar refractivity (Wildman–Crippen MR) is 64.2 cm³/mol. The summed E-state index contributed by atoms with van der Waals surface area (Å²) in [5.41, 5.74) is 8.91. The first-order chi connectivity index (χ1) is 7.22. The molecule has 15 heavy (non-hydrogen) atoms. The van der Waals surface area contributed by atoms with Crippen molar-refractivity contribution in [1.82, 2.24) is 4.98 Å². The number of halogens is 1. The number of hydrogen-bond acceptors (Lipinski definition) is 2. The Morgan fingerprint density at radius 3 is 2.93 bits per heavy atom. The molecule has 0 radical (unpaired) electrons. The number of aryl methyl sites for hydroxylation is 1. The third-order valence-corrected chi connectivity index (χ3v) is 2.74. The summed E-state index contributed by atoms with van der Waals surface area (Å²) in [6, 6.07) is 5.90. The summed E-state index contributed by atoms with van der Waals surface area (Å²) in [5.74, 6) is 0. The minimum Gasteiger partial charge on any atom is -0.330 e. The van der Waals surface area contributed by atoms with E-state index in [1.807, 2.05) is 24.4 Å². The van der Waals surface area contributed by atoms with Crippen LogP contribution in [0.4, 0.5) is 0 Å². The number of hydrogen-bond donors (Lipinski definition) is 1. The molecule has 0 amide bonds. The van der Waals surface area contributed by atoms with Crippen molar-refractivity contribution in [3.05, 3.63) is 40.5 Å². The monoisotopic (exact) mass is 220 g/mol. The van der Waals surface area contributed by atoms with Crippen LogP contribution in [-0.4, -0.2) is 11.5 Å². The zero-order valence-electron chi connectivity index (χ0n) is 8.63. The highest BCUT2D eigenvalue weighted by Gasteiger charge is 2.05. The lowest BCUT2D eigenvalue weighted by atomic mass is 10.0. The fraction of sp³-hybridized carbons (Fsp3) is 0.250. The Morgan fingerprint density at radius 2 is 2.20 bits per heavy atom. The second-order valence-electron chi connectivity index (χ2n) is 3.63. The molecule has 0 aliphatic rings. The average Bonchev–Trinajstić information content (AvgIpc) is 2.20. The summed E-state index contributed by atoms with van der Waals surface area (Å²) >= 11 is 6.06. The van der Waals surface area contributed by atoms with Gasteiger partial charge in [0.05, 0.1) is 5.52 Å². The first kappa shape index (κ1) is 10.4. The normalized spacial score (nSPS) is 10.9. The van der Waals surface area contributed by atoms with E-state index in [4.69, 9.17) is 17.3 Å². The lowest BCUT2D eigenvalue weighted by Crippen LogP contribution is -2.04. The van der Waals surface area contributed by atoms with Gasteiger partial charge in [-0.3, -0.25) is 4.98 Å². The summed E-state index contributed by atoms with van der Waals surface area (Å²) in [6.45, 7) is 2.68. The van der Waals surface area contributed by atoms with Crippen LogP contribution in [0.5, 0.6) is 0 Å². The highest BCUT2D eigenvalue weighted by atomic mass is 35.5. The zero-order chi connectivity index (χ0) is 10.8. The Balaban J connectivity index is 2.74. The van der Waals surface area contributed by atoms with E-state index in [-0.39, 0.29) is 0 Å². The van der Waals surface area contributed by atoms with E-state index in [1.165, 1.54) is 5.56 Å². The van der Waals surface area contributed by atoms with Gasteiger partial charge in [0.25, 0.3) is 0 Å². The lowest BCUT2D eigenvalue weighted by molar-refractivity contribution is 0.973. The van der Waals surface area contributed by atoms with Crippen molar-refractivity contribution in [2.24, 2.45) is 5.73 Å². The smallest absolute Gasteiger partial charge is 0.0738 e. The number of nitrogens with two attached hydrogens (primary N) is 1. The van der Waals surface area contributed by atoms with Crippen LogP contribution in [0.15, 0.2) is 24.4 Å². The van der Waals surface area contributed by atoms with E-state index in [0.29, 0.717) is 6.54 Å². The number of benzene rings is 1. The van der Waals surface area contributed by atoms with E-state index in [9.17, 15) is 0 Å². The summed E-state index contributed by atoms with van der Waals surface area (Å²) in [5, 5.41) is 1.87. The molecule has 1 aromatic carbocycles. The number of aromatic nitrogens is 1. The van der Waals surface area contributed by atoms with Crippen LogP contribution < -0.4 is 5.73 Å². The maximum Gasteiger partial charge on any atom is 0.0738 e. The van der Waals surface area contributed by atoms with Crippen molar-refractivity contribution in [3.63, 3.8) is 0 Å². The largest absolute Gasteiger partial charge is 0.330 e. The Bertz CT molecular complexity index is 494. The van der Waals surface area contributed by atoms with Gasteiger partial charge in [-0.15, -0.1) is 0 Å². The molecule has 0 saturated carbocycles. The molecular formula is C12H13ClN2. The van der Waals surface area contributed by atoms with Gasteiger partial charge in [-0.25, -0.2) is 0 Å². The highest BCUT2D eigenvalue weighted by Crippen LogP contribution is 2.24. The third kappa shape index (κ3) is 1.96. The van der Waals surface area contributed by atoms with E-state index >= 15 is 0 Å². The molecule has 2 aromatic rings. The van der Waals surface area contributed by atoms with Crippen LogP contribution in [0.1, 0.15) is 11.1 Å². The Kier molecular flexibility index (Phi) is 2.89. The van der Waals surface area contributed by atoms with Gasteiger partial charge in [0.2, 0.25) is 0 Å². The number of nitrogens with zero attached hydrogens (tertiary/aromatic N) is 1. The number of fused-ring (bicyclic) bond motifs is 1. The fourth-order valence-corrected chi connectivity index (χ4v) is 2.01. The molecule has 3 heteroatoms. The van der Waals surface area contributed by atoms with Crippen molar-refractivity contribution in [1.29, 1.82) is 0 Å². The summed E-state index contributed by atoms with van der Waals surface area (Å²) < 4.78 is 0. The first-order valence-corrected chi connectivity index (χ1v) is 5.34. The van der Waals surface area contributed by atoms with E-state index in [1.54, 1.807) is 0 Å². The second-order valence-corrected chi connectivity index (χ2v) is 4.06. The molecule has 0 unspecified atom stereocenters. The Labute approximate surface area is 94.1 Å². The molecular weight excluding hydrogens is 208 g/mol. The van der Waals surface area contributed by atoms with Gasteiger partial charge in [0.15, 0.2) is 0 Å². The maximum absolute atomic E-state index is 6.06. The lowest BCUT2D eigenvalue weighted by Gasteiger charge is -2.07. The van der Waals surface area contributed by atoms with Gasteiger partial charge in [-0.2, -0.15) is 0 Å². The molecule has 78 valence electrons. The van der Waals surface area contributed by atoms with Gasteiger partial charge in [-0.1, -0.05) is 11.6 Å². The van der Waals surface area contributed by atoms with Crippen molar-refractivity contribution in [2.45, 2.75) is 13.3 Å². The molecule has 2 nitrogen and oxygen atoms in total. The van der Waals surface area contributed by atoms with Crippen LogP contribution in [0, 0.1) is 6.92 Å². The van der Waals surface area contributed by atoms with E-state index in [0.717, 1.165) is 27.9 Å². The van der Waals surface area contributed by atoms with Gasteiger partial charge in [-0.05, 0) is 49.2 Å². The van der Waals surface area contributed by atoms with Gasteiger partial charge >= 0.3 is 0 Å². The van der Waals surface area contributed by atoms with Crippen molar-refractivity contribution in [3.8, 4) is 0 Å². The molecule has 0 spiro atoms. The molecule has 2 rings (SSSR count). The van der Waals surface area contributed by atoms with Crippen molar-refractivity contribution < 1.29 is 0 Å². The summed E-state index contributed by atoms with van der Waals surface area (Å²) in [6.07, 6.45) is 2.64. The molecule has 0 aliphatic heterocycles. The third-order valence-electron chi connectivity index (χ3n) is 2.52. The molecule has 0 fully saturated rings. The molecule has 2 N–H and O–H groups in total. The highest BCUT2D eigenvalue weighted by molar-refractivity contribution is 6.31. The average molecular weight is 221 g/mol. The van der Waals surface area contributed by atoms with E-state index < -0.39 is 0 Å².